The van der Waals surface area contributed by atoms with Crippen molar-refractivity contribution in [2.75, 3.05) is 20.2 Å². The van der Waals surface area contributed by atoms with Gasteiger partial charge < -0.3 is 30.9 Å². The maximum Gasteiger partial charge on any atom is 0.254 e. The number of amides is 5. The highest BCUT2D eigenvalue weighted by molar-refractivity contribution is 5.98. The van der Waals surface area contributed by atoms with E-state index in [9.17, 15) is 24.0 Å². The predicted octanol–water partition coefficient (Wildman–Crippen LogP) is 2.67. The number of carbonyl (C=O) groups excluding carboxylic acids is 5. The van der Waals surface area contributed by atoms with Crippen molar-refractivity contribution in [2.45, 2.75) is 85.5 Å². The molecule has 1 saturated heterocycles. The molecule has 2 aromatic rings. The molecule has 0 radical (unpaired) electrons. The largest absolute Gasteiger partial charge is 0.497 e. The zero-order chi connectivity index (χ0) is 34.1. The summed E-state index contributed by atoms with van der Waals surface area (Å²) in [5.41, 5.74) is 3.00. The summed E-state index contributed by atoms with van der Waals surface area (Å²) in [6.45, 7) is 12.8. The molecule has 0 aromatic heterocycles. The second-order valence-corrected chi connectivity index (χ2v) is 13.0. The molecular weight excluding hydrogens is 586 g/mol. The molecule has 0 bridgehead atoms. The van der Waals surface area contributed by atoms with Crippen LogP contribution < -0.4 is 26.0 Å². The van der Waals surface area contributed by atoms with Gasteiger partial charge in [-0.3, -0.25) is 24.0 Å². The van der Waals surface area contributed by atoms with Gasteiger partial charge in [0.05, 0.1) is 13.7 Å². The van der Waals surface area contributed by atoms with Gasteiger partial charge in [0.1, 0.15) is 23.9 Å². The number of aryl methyl sites for hydroxylation is 2. The Balaban J connectivity index is 2.01. The molecule has 0 saturated carbocycles. The van der Waals surface area contributed by atoms with E-state index >= 15 is 0 Å². The molecule has 0 unspecified atom stereocenters. The molecule has 3 rings (SSSR count). The van der Waals surface area contributed by atoms with Gasteiger partial charge >= 0.3 is 0 Å². The van der Waals surface area contributed by atoms with Gasteiger partial charge in [-0.1, -0.05) is 57.0 Å². The molecule has 0 aliphatic carbocycles. The summed E-state index contributed by atoms with van der Waals surface area (Å²) >= 11 is 0. The zero-order valence-electron chi connectivity index (χ0n) is 28.2. The quantitative estimate of drug-likeness (QED) is 0.368. The first-order valence-electron chi connectivity index (χ1n) is 15.9. The number of carbonyl (C=O) groups is 5. The zero-order valence-corrected chi connectivity index (χ0v) is 28.2. The normalized spacial score (nSPS) is 21.9. The average molecular weight is 636 g/mol. The van der Waals surface area contributed by atoms with Gasteiger partial charge in [-0.05, 0) is 68.9 Å². The molecule has 1 aliphatic heterocycles. The van der Waals surface area contributed by atoms with E-state index in [1.807, 2.05) is 47.6 Å². The summed E-state index contributed by atoms with van der Waals surface area (Å²) in [6.07, 6.45) is 0.454. The fourth-order valence-corrected chi connectivity index (χ4v) is 5.44. The Bertz CT molecular complexity index is 1390. The SMILES string of the molecule is COc1ccc(C[C@@H]2NC(=O)[C@H](CC(C)C)NC(=O)CN(C(=O)c3cc(C)cc(C)c3)C[C@H](C(C)C)NC(=O)[C@@H](C)NC2=O)cc1. The fraction of sp³-hybridized carbons (Fsp3) is 0.514. The monoisotopic (exact) mass is 635 g/mol. The summed E-state index contributed by atoms with van der Waals surface area (Å²) in [6, 6.07) is 9.15. The Hall–Kier alpha value is -4.41. The smallest absolute Gasteiger partial charge is 0.254 e. The third kappa shape index (κ3) is 10.3. The lowest BCUT2D eigenvalue weighted by molar-refractivity contribution is -0.133. The van der Waals surface area contributed by atoms with Crippen LogP contribution in [0.4, 0.5) is 0 Å². The fourth-order valence-electron chi connectivity index (χ4n) is 5.44. The van der Waals surface area contributed by atoms with Crippen molar-refractivity contribution in [2.24, 2.45) is 11.8 Å². The van der Waals surface area contributed by atoms with Crippen LogP contribution >= 0.6 is 0 Å². The summed E-state index contributed by atoms with van der Waals surface area (Å²) in [4.78, 5) is 69.5. The predicted molar refractivity (Wildman–Crippen MR) is 176 cm³/mol. The van der Waals surface area contributed by atoms with Crippen LogP contribution in [0.25, 0.3) is 0 Å². The molecule has 4 atom stereocenters. The highest BCUT2D eigenvalue weighted by Crippen LogP contribution is 2.16. The first kappa shape index (κ1) is 36.1. The lowest BCUT2D eigenvalue weighted by Crippen LogP contribution is -2.57. The van der Waals surface area contributed by atoms with Crippen molar-refractivity contribution < 1.29 is 28.7 Å². The second-order valence-electron chi connectivity index (χ2n) is 13.0. The van der Waals surface area contributed by atoms with E-state index in [0.717, 1.165) is 16.7 Å². The lowest BCUT2D eigenvalue weighted by Gasteiger charge is -2.31. The van der Waals surface area contributed by atoms with E-state index in [2.05, 4.69) is 21.3 Å². The maximum absolute atomic E-state index is 13.9. The summed E-state index contributed by atoms with van der Waals surface area (Å²) in [5.74, 6) is -1.83. The molecule has 4 N–H and O–H groups in total. The minimum absolute atomic E-state index is 0.0344. The molecule has 5 amide bonds. The van der Waals surface area contributed by atoms with Crippen molar-refractivity contribution in [3.8, 4) is 5.75 Å². The highest BCUT2D eigenvalue weighted by Gasteiger charge is 2.32. The number of rotatable bonds is 7. The Morgan fingerprint density at radius 1 is 0.848 bits per heavy atom. The van der Waals surface area contributed by atoms with Crippen molar-refractivity contribution >= 4 is 29.5 Å². The van der Waals surface area contributed by atoms with Gasteiger partial charge in [0.2, 0.25) is 23.6 Å². The summed E-state index contributed by atoms with van der Waals surface area (Å²) in [7, 11) is 1.56. The molecule has 250 valence electrons. The van der Waals surface area contributed by atoms with Crippen LogP contribution in [0.2, 0.25) is 0 Å². The van der Waals surface area contributed by atoms with Crippen LogP contribution in [0.1, 0.15) is 68.1 Å². The van der Waals surface area contributed by atoms with Gasteiger partial charge in [-0.15, -0.1) is 0 Å². The molecule has 2 aromatic carbocycles. The standard InChI is InChI=1S/C35H49N5O6/c1-20(2)13-28-34(44)38-29(17-25-9-11-27(46-8)12-10-25)33(43)36-24(7)32(42)39-30(21(3)4)18-40(19-31(41)37-28)35(45)26-15-22(5)14-23(6)16-26/h9-12,14-16,20-21,24,28-30H,13,17-19H2,1-8H3,(H,36,43)(H,37,41)(H,38,44)(H,39,42)/t24-,28+,29+,30-/m1/s1. The molecule has 46 heavy (non-hydrogen) atoms. The number of hydrogen-bond acceptors (Lipinski definition) is 6. The van der Waals surface area contributed by atoms with E-state index in [1.54, 1.807) is 50.4 Å². The van der Waals surface area contributed by atoms with Crippen LogP contribution in [0, 0.1) is 25.7 Å². The maximum atomic E-state index is 13.9. The third-order valence-electron chi connectivity index (χ3n) is 7.98. The molecule has 11 nitrogen and oxygen atoms in total. The van der Waals surface area contributed by atoms with Gasteiger partial charge in [-0.25, -0.2) is 0 Å². The van der Waals surface area contributed by atoms with E-state index in [4.69, 9.17) is 4.74 Å². The van der Waals surface area contributed by atoms with Crippen LogP contribution in [-0.4, -0.2) is 78.8 Å². The number of methoxy groups -OCH3 is 1. The number of nitrogens with zero attached hydrogens (tertiary/aromatic N) is 1. The minimum Gasteiger partial charge on any atom is -0.497 e. The van der Waals surface area contributed by atoms with Gasteiger partial charge in [0, 0.05) is 24.6 Å². The van der Waals surface area contributed by atoms with E-state index in [0.29, 0.717) is 17.7 Å². The number of nitrogens with one attached hydrogen (secondary N) is 4. The first-order chi connectivity index (χ1) is 21.7. The van der Waals surface area contributed by atoms with Gasteiger partial charge in [0.25, 0.3) is 5.91 Å². The van der Waals surface area contributed by atoms with Gasteiger partial charge in [-0.2, -0.15) is 0 Å². The Labute approximate surface area is 272 Å². The van der Waals surface area contributed by atoms with Crippen molar-refractivity contribution in [1.29, 1.82) is 0 Å². The van der Waals surface area contributed by atoms with Crippen molar-refractivity contribution in [3.63, 3.8) is 0 Å². The number of ether oxygens (including phenoxy) is 1. The van der Waals surface area contributed by atoms with E-state index < -0.39 is 47.8 Å². The Morgan fingerprint density at radius 2 is 1.46 bits per heavy atom. The molecule has 1 aliphatic rings. The second kappa shape index (κ2) is 16.2. The van der Waals surface area contributed by atoms with Crippen molar-refractivity contribution in [3.05, 3.63) is 64.7 Å². The molecule has 0 spiro atoms. The topological polar surface area (TPSA) is 146 Å². The van der Waals surface area contributed by atoms with Crippen LogP contribution in [-0.2, 0) is 25.6 Å². The average Bonchev–Trinajstić information content (AvgIpc) is 2.98. The van der Waals surface area contributed by atoms with E-state index in [-0.39, 0.29) is 37.3 Å². The molecular formula is C35H49N5O6. The van der Waals surface area contributed by atoms with Crippen molar-refractivity contribution in [1.82, 2.24) is 26.2 Å². The van der Waals surface area contributed by atoms with Gasteiger partial charge in [0.15, 0.2) is 0 Å². The molecule has 1 fully saturated rings. The van der Waals surface area contributed by atoms with Crippen LogP contribution in [0.3, 0.4) is 0 Å². The number of hydrogen-bond donors (Lipinski definition) is 4. The van der Waals surface area contributed by atoms with Crippen LogP contribution in [0.5, 0.6) is 5.75 Å². The Morgan fingerprint density at radius 3 is 2.02 bits per heavy atom. The highest BCUT2D eigenvalue weighted by atomic mass is 16.5. The number of benzene rings is 2. The van der Waals surface area contributed by atoms with E-state index in [1.165, 1.54) is 4.90 Å². The molecule has 11 heteroatoms. The first-order valence-corrected chi connectivity index (χ1v) is 15.9. The summed E-state index contributed by atoms with van der Waals surface area (Å²) in [5, 5.41) is 11.4. The minimum atomic E-state index is -1.03. The lowest BCUT2D eigenvalue weighted by atomic mass is 10.0. The van der Waals surface area contributed by atoms with Crippen LogP contribution in [0.15, 0.2) is 42.5 Å². The molecule has 1 heterocycles. The Kier molecular flexibility index (Phi) is 12.7. The third-order valence-corrected chi connectivity index (χ3v) is 7.98. The summed E-state index contributed by atoms with van der Waals surface area (Å²) < 4.78 is 5.23.